The molecule has 3 nitrogen and oxygen atoms in total. The maximum absolute atomic E-state index is 7.03. The first-order valence-corrected chi connectivity index (χ1v) is 15.2. The van der Waals surface area contributed by atoms with Crippen LogP contribution in [0.5, 0.6) is 0 Å². The van der Waals surface area contributed by atoms with Crippen molar-refractivity contribution < 1.29 is 4.74 Å². The summed E-state index contributed by atoms with van der Waals surface area (Å²) in [5.74, 6) is 0. The fourth-order valence-corrected chi connectivity index (χ4v) is 5.57. The summed E-state index contributed by atoms with van der Waals surface area (Å²) in [5.41, 5.74) is 1.30. The van der Waals surface area contributed by atoms with Crippen molar-refractivity contribution in [2.75, 3.05) is 13.2 Å². The van der Waals surface area contributed by atoms with Gasteiger partial charge in [-0.1, -0.05) is 129 Å². The van der Waals surface area contributed by atoms with Crippen LogP contribution in [0.25, 0.3) is 0 Å². The molecular formula is C30H41BrCl4N2O. The van der Waals surface area contributed by atoms with Crippen molar-refractivity contribution in [3.8, 4) is 0 Å². The molecule has 0 bridgehead atoms. The van der Waals surface area contributed by atoms with Crippen molar-refractivity contribution >= 4 is 63.4 Å². The van der Waals surface area contributed by atoms with Crippen LogP contribution < -0.4 is 0 Å². The number of nitrogens with zero attached hydrogens (tertiary/aromatic N) is 2. The maximum Gasteiger partial charge on any atom is 0.135 e. The monoisotopic (exact) mass is 664 g/mol. The number of halogens is 5. The minimum absolute atomic E-state index is 0. The molecule has 0 amide bonds. The Kier molecular flexibility index (Phi) is 16.5. The van der Waals surface area contributed by atoms with Crippen molar-refractivity contribution in [2.24, 2.45) is 0 Å². The molecule has 0 saturated carbocycles. The molecule has 2 aromatic carbocycles. The third-order valence-electron chi connectivity index (χ3n) is 6.85. The molecule has 1 heterocycles. The molecule has 0 fully saturated rings. The minimum Gasteiger partial charge on any atom is -0.365 e. The molecule has 0 aliphatic carbocycles. The molecule has 38 heavy (non-hydrogen) atoms. The highest BCUT2D eigenvalue weighted by molar-refractivity contribution is 8.93. The van der Waals surface area contributed by atoms with Crippen LogP contribution in [-0.4, -0.2) is 28.5 Å². The molecular weight excluding hydrogens is 626 g/mol. The summed E-state index contributed by atoms with van der Waals surface area (Å²) in [6.07, 6.45) is 17.2. The Bertz CT molecular complexity index is 940. The van der Waals surface area contributed by atoms with E-state index in [1.807, 2.05) is 42.5 Å². The van der Waals surface area contributed by atoms with Gasteiger partial charge >= 0.3 is 0 Å². The molecule has 2 atom stereocenters. The van der Waals surface area contributed by atoms with E-state index >= 15 is 0 Å². The number of alkyl halides is 1. The first kappa shape index (κ1) is 33.6. The average molecular weight is 667 g/mol. The van der Waals surface area contributed by atoms with Crippen molar-refractivity contribution in [2.45, 2.75) is 89.3 Å². The van der Waals surface area contributed by atoms with Crippen LogP contribution in [0.1, 0.15) is 88.4 Å². The summed E-state index contributed by atoms with van der Waals surface area (Å²) in [4.78, 5) is 4.44. The lowest BCUT2D eigenvalue weighted by atomic mass is 10.1. The molecule has 212 valence electrons. The van der Waals surface area contributed by atoms with Crippen molar-refractivity contribution in [3.63, 3.8) is 0 Å². The Morgan fingerprint density at radius 2 is 1.37 bits per heavy atom. The van der Waals surface area contributed by atoms with E-state index < -0.39 is 11.6 Å². The van der Waals surface area contributed by atoms with Gasteiger partial charge in [-0.25, -0.2) is 0 Å². The van der Waals surface area contributed by atoms with Gasteiger partial charge in [0.25, 0.3) is 0 Å². The van der Waals surface area contributed by atoms with Crippen LogP contribution in [0.15, 0.2) is 54.9 Å². The van der Waals surface area contributed by atoms with Crippen molar-refractivity contribution in [3.05, 3.63) is 81.1 Å². The Morgan fingerprint density at radius 1 is 0.789 bits per heavy atom. The Hall–Kier alpha value is -0.620. The third kappa shape index (κ3) is 11.1. The number of unbranched alkanes of at least 4 members (excludes halogenated alkanes) is 9. The van der Waals surface area contributed by atoms with E-state index in [1.165, 1.54) is 64.2 Å². The molecule has 8 heteroatoms. The van der Waals surface area contributed by atoms with Gasteiger partial charge in [0.1, 0.15) is 11.6 Å². The topological polar surface area (TPSA) is 15.7 Å². The van der Waals surface area contributed by atoms with Crippen LogP contribution in [0.3, 0.4) is 0 Å². The summed E-state index contributed by atoms with van der Waals surface area (Å²) in [6.45, 7) is 4.31. The average Bonchev–Trinajstić information content (AvgIpc) is 3.36. The van der Waals surface area contributed by atoms with Crippen LogP contribution in [0, 0.1) is 0 Å². The SMILES string of the molecule is Br.CCCCCCCCCCCCN1C=CN(C(Cl)C(OCc2c(Cl)cccc2Cl)c2ccc(Cl)cc2)C1. The van der Waals surface area contributed by atoms with Crippen LogP contribution in [0.4, 0.5) is 0 Å². The predicted molar refractivity (Wildman–Crippen MR) is 170 cm³/mol. The van der Waals surface area contributed by atoms with E-state index in [4.69, 9.17) is 51.1 Å². The molecule has 3 rings (SSSR count). The lowest BCUT2D eigenvalue weighted by Crippen LogP contribution is -2.35. The summed E-state index contributed by atoms with van der Waals surface area (Å²) >= 11 is 25.9. The van der Waals surface area contributed by atoms with Crippen LogP contribution in [-0.2, 0) is 11.3 Å². The highest BCUT2D eigenvalue weighted by Gasteiger charge is 2.29. The summed E-state index contributed by atoms with van der Waals surface area (Å²) in [5, 5.41) is 1.83. The number of hydrogen-bond acceptors (Lipinski definition) is 3. The summed E-state index contributed by atoms with van der Waals surface area (Å²) in [6, 6.07) is 13.1. The van der Waals surface area contributed by atoms with Crippen molar-refractivity contribution in [1.82, 2.24) is 9.80 Å². The van der Waals surface area contributed by atoms with Gasteiger partial charge in [0.2, 0.25) is 0 Å². The van der Waals surface area contributed by atoms with Gasteiger partial charge in [-0.15, -0.1) is 17.0 Å². The lowest BCUT2D eigenvalue weighted by molar-refractivity contribution is 0.00683. The summed E-state index contributed by atoms with van der Waals surface area (Å²) in [7, 11) is 0. The maximum atomic E-state index is 7.03. The van der Waals surface area contributed by atoms with E-state index in [2.05, 4.69) is 29.1 Å². The second-order valence-electron chi connectivity index (χ2n) is 9.80. The first-order valence-electron chi connectivity index (χ1n) is 13.6. The van der Waals surface area contributed by atoms with Gasteiger partial charge in [0, 0.05) is 39.6 Å². The lowest BCUT2D eigenvalue weighted by Gasteiger charge is -2.32. The highest BCUT2D eigenvalue weighted by atomic mass is 79.9. The molecule has 0 radical (unpaired) electrons. The Labute approximate surface area is 260 Å². The fraction of sp³-hybridized carbons (Fsp3) is 0.533. The Morgan fingerprint density at radius 3 is 1.97 bits per heavy atom. The zero-order chi connectivity index (χ0) is 26.5. The summed E-state index contributed by atoms with van der Waals surface area (Å²) < 4.78 is 6.35. The van der Waals surface area contributed by atoms with Gasteiger partial charge in [-0.2, -0.15) is 0 Å². The second-order valence-corrected chi connectivity index (χ2v) is 11.5. The smallest absolute Gasteiger partial charge is 0.135 e. The van der Waals surface area contributed by atoms with E-state index in [0.717, 1.165) is 24.3 Å². The number of hydrogen-bond donors (Lipinski definition) is 0. The standard InChI is InChI=1S/C30H40Cl4N2O.BrH/c1-2-3-4-5-6-7-8-9-10-11-19-35-20-21-36(23-35)30(34)29(24-15-17-25(31)18-16-24)37-22-26-27(32)13-12-14-28(26)33;/h12-18,20-21,29-30H,2-11,19,22-23H2,1H3;1H. The highest BCUT2D eigenvalue weighted by Crippen LogP contribution is 2.34. The largest absolute Gasteiger partial charge is 0.365 e. The second kappa shape index (κ2) is 18.7. The van der Waals surface area contributed by atoms with Gasteiger partial charge in [0.05, 0.1) is 13.3 Å². The zero-order valence-corrected chi connectivity index (χ0v) is 27.0. The molecule has 0 aromatic heterocycles. The van der Waals surface area contributed by atoms with Gasteiger partial charge in [-0.3, -0.25) is 0 Å². The van der Waals surface area contributed by atoms with E-state index in [-0.39, 0.29) is 23.6 Å². The molecule has 1 aliphatic rings. The third-order valence-corrected chi connectivity index (χ3v) is 8.29. The zero-order valence-electron chi connectivity index (χ0n) is 22.3. The normalized spacial score (nSPS) is 14.6. The molecule has 2 unspecified atom stereocenters. The van der Waals surface area contributed by atoms with Gasteiger partial charge in [-0.05, 0) is 36.2 Å². The van der Waals surface area contributed by atoms with Crippen LogP contribution >= 0.6 is 63.4 Å². The number of benzene rings is 2. The molecule has 0 saturated heterocycles. The van der Waals surface area contributed by atoms with Gasteiger partial charge < -0.3 is 14.5 Å². The Balaban J connectivity index is 0.00000507. The van der Waals surface area contributed by atoms with Gasteiger partial charge in [0.15, 0.2) is 0 Å². The minimum atomic E-state index is -0.406. The number of rotatable bonds is 17. The number of ether oxygens (including phenoxy) is 1. The molecule has 2 aromatic rings. The molecule has 0 N–H and O–H groups in total. The van der Waals surface area contributed by atoms with Crippen molar-refractivity contribution in [1.29, 1.82) is 0 Å². The predicted octanol–water partition coefficient (Wildman–Crippen LogP) is 11.0. The molecule has 0 spiro atoms. The molecule has 1 aliphatic heterocycles. The van der Waals surface area contributed by atoms with Crippen LogP contribution in [0.2, 0.25) is 15.1 Å². The quantitative estimate of drug-likeness (QED) is 0.0949. The fourth-order valence-electron chi connectivity index (χ4n) is 4.60. The van der Waals surface area contributed by atoms with E-state index in [0.29, 0.717) is 15.1 Å². The van der Waals surface area contributed by atoms with E-state index in [1.54, 1.807) is 0 Å². The first-order chi connectivity index (χ1) is 18.0. The van der Waals surface area contributed by atoms with E-state index in [9.17, 15) is 0 Å².